The normalized spacial score (nSPS) is 12.0. The lowest BCUT2D eigenvalue weighted by molar-refractivity contribution is -0.210. The van der Waals surface area contributed by atoms with E-state index in [4.69, 9.17) is 16.3 Å². The number of benzene rings is 2. The van der Waals surface area contributed by atoms with E-state index in [0.717, 1.165) is 20.3 Å². The Morgan fingerprint density at radius 2 is 1.77 bits per heavy atom. The van der Waals surface area contributed by atoms with Gasteiger partial charge in [-0.25, -0.2) is 9.78 Å². The Bertz CT molecular complexity index is 1260. The third kappa shape index (κ3) is 6.28. The van der Waals surface area contributed by atoms with Gasteiger partial charge in [0, 0.05) is 17.5 Å². The molecule has 35 heavy (non-hydrogen) atoms. The standard InChI is InChI=1S/C25H25ClF3N3O3/c1-4-13-35-17-9-7-16(8-10-17)21-30-22(32-23(34)31-21)18-14-15(5-11-19(18)26)6-12-20(33)24(2,3)25(27,28)29/h5,7-11,14H,4,6,12-13H2,1-3H3,(H,30,31,32,34). The topological polar surface area (TPSA) is 84.9 Å². The van der Waals surface area contributed by atoms with Crippen LogP contribution in [0.25, 0.3) is 22.8 Å². The predicted molar refractivity (Wildman–Crippen MR) is 127 cm³/mol. The fraction of sp³-hybridized carbons (Fsp3) is 0.360. The van der Waals surface area contributed by atoms with Crippen LogP contribution in [0.3, 0.4) is 0 Å². The lowest BCUT2D eigenvalue weighted by Crippen LogP contribution is -2.39. The molecule has 0 aliphatic carbocycles. The van der Waals surface area contributed by atoms with Crippen LogP contribution >= 0.6 is 11.6 Å². The maximum atomic E-state index is 13.1. The highest BCUT2D eigenvalue weighted by atomic mass is 35.5. The van der Waals surface area contributed by atoms with Crippen molar-refractivity contribution in [1.82, 2.24) is 15.0 Å². The van der Waals surface area contributed by atoms with Crippen LogP contribution in [0.1, 0.15) is 39.2 Å². The SMILES string of the molecule is CCCOc1ccc(-c2nc(-c3cc(CCC(=O)C(C)(C)C(F)(F)F)ccc3Cl)[nH]c(=O)n2)cc1. The molecule has 186 valence electrons. The van der Waals surface area contributed by atoms with Gasteiger partial charge in [0.2, 0.25) is 0 Å². The summed E-state index contributed by atoms with van der Waals surface area (Å²) in [6.45, 7) is 4.33. The van der Waals surface area contributed by atoms with E-state index in [9.17, 15) is 22.8 Å². The summed E-state index contributed by atoms with van der Waals surface area (Å²) in [7, 11) is 0. The molecule has 0 fully saturated rings. The van der Waals surface area contributed by atoms with Crippen molar-refractivity contribution < 1.29 is 22.7 Å². The van der Waals surface area contributed by atoms with E-state index in [1.807, 2.05) is 6.92 Å². The monoisotopic (exact) mass is 507 g/mol. The predicted octanol–water partition coefficient (Wildman–Crippen LogP) is 6.03. The molecule has 0 unspecified atom stereocenters. The summed E-state index contributed by atoms with van der Waals surface area (Å²) < 4.78 is 45.0. The number of hydrogen-bond acceptors (Lipinski definition) is 5. The molecule has 0 spiro atoms. The van der Waals surface area contributed by atoms with E-state index < -0.39 is 23.1 Å². The maximum Gasteiger partial charge on any atom is 0.400 e. The van der Waals surface area contributed by atoms with Gasteiger partial charge in [-0.3, -0.25) is 9.78 Å². The fourth-order valence-electron chi connectivity index (χ4n) is 3.20. The van der Waals surface area contributed by atoms with Crippen molar-refractivity contribution in [3.05, 3.63) is 63.5 Å². The number of alkyl halides is 3. The second-order valence-corrected chi connectivity index (χ2v) is 8.97. The molecule has 1 N–H and O–H groups in total. The first-order chi connectivity index (χ1) is 16.4. The molecular weight excluding hydrogens is 483 g/mol. The molecule has 0 aliphatic heterocycles. The lowest BCUT2D eigenvalue weighted by Gasteiger charge is -2.26. The molecule has 10 heteroatoms. The summed E-state index contributed by atoms with van der Waals surface area (Å²) in [5.74, 6) is 0.0970. The van der Waals surface area contributed by atoms with Crippen molar-refractivity contribution in [1.29, 1.82) is 0 Å². The zero-order valence-corrected chi connectivity index (χ0v) is 20.3. The molecule has 0 saturated heterocycles. The number of nitrogens with one attached hydrogen (secondary N) is 1. The Kier molecular flexibility index (Phi) is 8.00. The van der Waals surface area contributed by atoms with Crippen LogP contribution in [0.15, 0.2) is 47.3 Å². The summed E-state index contributed by atoms with van der Waals surface area (Å²) in [5, 5.41) is 0.277. The lowest BCUT2D eigenvalue weighted by atomic mass is 9.84. The number of rotatable bonds is 9. The molecule has 0 atom stereocenters. The Hall–Kier alpha value is -3.20. The summed E-state index contributed by atoms with van der Waals surface area (Å²) >= 11 is 6.33. The Morgan fingerprint density at radius 1 is 1.09 bits per heavy atom. The number of H-pyrrole nitrogens is 1. The molecule has 0 aliphatic rings. The molecule has 2 aromatic carbocycles. The van der Waals surface area contributed by atoms with E-state index in [1.165, 1.54) is 0 Å². The van der Waals surface area contributed by atoms with Crippen molar-refractivity contribution in [3.63, 3.8) is 0 Å². The van der Waals surface area contributed by atoms with Crippen molar-refractivity contribution in [3.8, 4) is 28.5 Å². The fourth-order valence-corrected chi connectivity index (χ4v) is 3.41. The minimum absolute atomic E-state index is 0.0733. The van der Waals surface area contributed by atoms with E-state index in [2.05, 4.69) is 15.0 Å². The Balaban J connectivity index is 1.86. The van der Waals surface area contributed by atoms with E-state index in [1.54, 1.807) is 42.5 Å². The smallest absolute Gasteiger partial charge is 0.400 e. The number of carbonyl (C=O) groups is 1. The second kappa shape index (κ2) is 10.6. The number of ether oxygens (including phenoxy) is 1. The number of ketones is 1. The molecule has 0 bridgehead atoms. The van der Waals surface area contributed by atoms with Crippen LogP contribution in [0, 0.1) is 5.41 Å². The Labute approximate surface area is 205 Å². The van der Waals surface area contributed by atoms with Gasteiger partial charge in [0.1, 0.15) is 22.8 Å². The largest absolute Gasteiger partial charge is 0.494 e. The first kappa shape index (κ1) is 26.4. The van der Waals surface area contributed by atoms with Gasteiger partial charge < -0.3 is 4.74 Å². The van der Waals surface area contributed by atoms with Gasteiger partial charge in [-0.2, -0.15) is 18.2 Å². The van der Waals surface area contributed by atoms with Gasteiger partial charge in [0.05, 0.1) is 11.6 Å². The molecule has 3 rings (SSSR count). The first-order valence-electron chi connectivity index (χ1n) is 11.0. The Morgan fingerprint density at radius 3 is 2.40 bits per heavy atom. The molecule has 0 saturated carbocycles. The zero-order valence-electron chi connectivity index (χ0n) is 19.5. The molecule has 3 aromatic rings. The van der Waals surface area contributed by atoms with Gasteiger partial charge >= 0.3 is 11.9 Å². The van der Waals surface area contributed by atoms with Gasteiger partial charge in [0.25, 0.3) is 0 Å². The molecule has 6 nitrogen and oxygen atoms in total. The summed E-state index contributed by atoms with van der Waals surface area (Å²) in [6, 6.07) is 11.7. The minimum Gasteiger partial charge on any atom is -0.494 e. The third-order valence-corrected chi connectivity index (χ3v) is 5.90. The van der Waals surface area contributed by atoms with Crippen LogP contribution < -0.4 is 10.4 Å². The summed E-state index contributed by atoms with van der Waals surface area (Å²) in [6.07, 6.45) is -3.99. The van der Waals surface area contributed by atoms with Crippen molar-refractivity contribution in [2.45, 2.75) is 46.2 Å². The van der Waals surface area contributed by atoms with Crippen molar-refractivity contribution in [2.24, 2.45) is 5.41 Å². The number of aromatic amines is 1. The molecular formula is C25H25ClF3N3O3. The average molecular weight is 508 g/mol. The van der Waals surface area contributed by atoms with Crippen LogP contribution in [-0.4, -0.2) is 33.5 Å². The molecule has 1 heterocycles. The number of Topliss-reactive ketones (excluding diaryl/α,β-unsaturated/α-hetero) is 1. The van der Waals surface area contributed by atoms with Gasteiger partial charge in [0.15, 0.2) is 5.82 Å². The highest BCUT2D eigenvalue weighted by Crippen LogP contribution is 2.39. The van der Waals surface area contributed by atoms with Crippen LogP contribution in [0.5, 0.6) is 5.75 Å². The minimum atomic E-state index is -4.63. The number of halogens is 4. The zero-order chi connectivity index (χ0) is 25.8. The van der Waals surface area contributed by atoms with E-state index in [0.29, 0.717) is 29.0 Å². The second-order valence-electron chi connectivity index (χ2n) is 8.56. The highest BCUT2D eigenvalue weighted by molar-refractivity contribution is 6.33. The van der Waals surface area contributed by atoms with Crippen molar-refractivity contribution in [2.75, 3.05) is 6.61 Å². The van der Waals surface area contributed by atoms with Crippen molar-refractivity contribution >= 4 is 17.4 Å². The quantitative estimate of drug-likeness (QED) is 0.382. The van der Waals surface area contributed by atoms with Gasteiger partial charge in [-0.1, -0.05) is 24.6 Å². The summed E-state index contributed by atoms with van der Waals surface area (Å²) in [5.41, 5.74) is -1.54. The molecule has 0 amide bonds. The average Bonchev–Trinajstić information content (AvgIpc) is 2.81. The molecule has 1 aromatic heterocycles. The highest BCUT2D eigenvalue weighted by Gasteiger charge is 2.51. The van der Waals surface area contributed by atoms with Gasteiger partial charge in [-0.05, 0) is 68.7 Å². The third-order valence-electron chi connectivity index (χ3n) is 5.57. The van der Waals surface area contributed by atoms with Gasteiger partial charge in [-0.15, -0.1) is 0 Å². The van der Waals surface area contributed by atoms with E-state index in [-0.39, 0.29) is 29.5 Å². The summed E-state index contributed by atoms with van der Waals surface area (Å²) in [4.78, 5) is 35.4. The number of nitrogens with zero attached hydrogens (tertiary/aromatic N) is 2. The van der Waals surface area contributed by atoms with Crippen LogP contribution in [0.2, 0.25) is 5.02 Å². The number of carbonyl (C=O) groups excluding carboxylic acids is 1. The number of aromatic nitrogens is 3. The number of aryl methyl sites for hydroxylation is 1. The molecule has 0 radical (unpaired) electrons. The first-order valence-corrected chi connectivity index (χ1v) is 11.4. The number of hydrogen-bond donors (Lipinski definition) is 1. The maximum absolute atomic E-state index is 13.1. The van der Waals surface area contributed by atoms with E-state index >= 15 is 0 Å². The van der Waals surface area contributed by atoms with Crippen LogP contribution in [-0.2, 0) is 11.2 Å². The van der Waals surface area contributed by atoms with Crippen LogP contribution in [0.4, 0.5) is 13.2 Å².